The summed E-state index contributed by atoms with van der Waals surface area (Å²) in [5, 5.41) is 4.43. The third kappa shape index (κ3) is 4.65. The summed E-state index contributed by atoms with van der Waals surface area (Å²) >= 11 is 0. The second kappa shape index (κ2) is 9.89. The number of aromatic nitrogens is 3. The van der Waals surface area contributed by atoms with E-state index in [-0.39, 0.29) is 5.91 Å². The van der Waals surface area contributed by atoms with E-state index >= 15 is 0 Å². The molecule has 0 atom stereocenters. The summed E-state index contributed by atoms with van der Waals surface area (Å²) in [4.78, 5) is 31.4. The van der Waals surface area contributed by atoms with Crippen molar-refractivity contribution in [1.82, 2.24) is 19.9 Å². The molecule has 4 heterocycles. The molecule has 1 amide bonds. The van der Waals surface area contributed by atoms with E-state index in [1.807, 2.05) is 24.1 Å². The van der Waals surface area contributed by atoms with Crippen molar-refractivity contribution in [3.63, 3.8) is 0 Å². The summed E-state index contributed by atoms with van der Waals surface area (Å²) in [6.07, 6.45) is 4.68. The van der Waals surface area contributed by atoms with Crippen molar-refractivity contribution in [2.45, 2.75) is 26.2 Å². The number of benzene rings is 1. The summed E-state index contributed by atoms with van der Waals surface area (Å²) in [6.45, 7) is 7.88. The van der Waals surface area contributed by atoms with E-state index in [4.69, 9.17) is 10.7 Å². The maximum Gasteiger partial charge on any atom is 0.231 e. The van der Waals surface area contributed by atoms with Crippen molar-refractivity contribution in [3.05, 3.63) is 36.5 Å². The van der Waals surface area contributed by atoms with E-state index in [9.17, 15) is 4.79 Å². The molecule has 0 unspecified atom stereocenters. The van der Waals surface area contributed by atoms with Crippen LogP contribution in [-0.4, -0.2) is 71.6 Å². The molecule has 0 spiro atoms. The Hall–Kier alpha value is -3.33. The standard InChI is InChI=1S/C25H34N8O/c1-2-22(34)32-15-13-31(14-16-32)20-5-3-19(4-6-20)28-25-29-23-21(7-10-27-23)24(30-25)33-11-8-18(17-26)9-12-33/h3-7,10,18H,2,8-9,11-17,26H2,1H3,(H2,27,28,29,30). The van der Waals surface area contributed by atoms with E-state index < -0.39 is 0 Å². The van der Waals surface area contributed by atoms with E-state index in [2.05, 4.69) is 49.4 Å². The molecule has 9 heteroatoms. The molecule has 0 radical (unpaired) electrons. The van der Waals surface area contributed by atoms with Crippen LogP contribution < -0.4 is 20.9 Å². The van der Waals surface area contributed by atoms with Crippen LogP contribution in [0.3, 0.4) is 0 Å². The van der Waals surface area contributed by atoms with Gasteiger partial charge in [-0.3, -0.25) is 4.79 Å². The third-order valence-corrected chi connectivity index (χ3v) is 7.07. The number of carbonyl (C=O) groups excluding carboxylic acids is 1. The first-order chi connectivity index (χ1) is 16.6. The van der Waals surface area contributed by atoms with Crippen LogP contribution in [0.4, 0.5) is 23.1 Å². The van der Waals surface area contributed by atoms with Gasteiger partial charge in [-0.1, -0.05) is 6.92 Å². The van der Waals surface area contributed by atoms with Gasteiger partial charge in [-0.25, -0.2) is 0 Å². The van der Waals surface area contributed by atoms with Crippen molar-refractivity contribution in [2.75, 3.05) is 60.9 Å². The number of anilines is 4. The van der Waals surface area contributed by atoms with Gasteiger partial charge in [0, 0.05) is 63.3 Å². The molecule has 5 rings (SSSR count). The molecule has 4 N–H and O–H groups in total. The SMILES string of the molecule is CCC(=O)N1CCN(c2ccc(Nc3nc(N4CCC(CN)CC4)c4cc[nH]c4n3)cc2)CC1. The maximum absolute atomic E-state index is 11.9. The predicted octanol–water partition coefficient (Wildman–Crippen LogP) is 2.94. The highest BCUT2D eigenvalue weighted by molar-refractivity contribution is 5.89. The number of rotatable bonds is 6. The quantitative estimate of drug-likeness (QED) is 0.517. The van der Waals surface area contributed by atoms with E-state index in [1.54, 1.807) is 0 Å². The number of H-pyrrole nitrogens is 1. The van der Waals surface area contributed by atoms with Gasteiger partial charge in [0.15, 0.2) is 0 Å². The molecule has 180 valence electrons. The van der Waals surface area contributed by atoms with Crippen LogP contribution in [0.2, 0.25) is 0 Å². The Kier molecular flexibility index (Phi) is 6.53. The fourth-order valence-electron chi connectivity index (χ4n) is 4.92. The molecule has 2 saturated heterocycles. The van der Waals surface area contributed by atoms with Crippen LogP contribution in [0.1, 0.15) is 26.2 Å². The third-order valence-electron chi connectivity index (χ3n) is 7.07. The lowest BCUT2D eigenvalue weighted by Gasteiger charge is -2.36. The molecular weight excluding hydrogens is 428 g/mol. The Labute approximate surface area is 200 Å². The van der Waals surface area contributed by atoms with Crippen molar-refractivity contribution in [2.24, 2.45) is 11.7 Å². The number of nitrogens with zero attached hydrogens (tertiary/aromatic N) is 5. The van der Waals surface area contributed by atoms with E-state index in [0.29, 0.717) is 18.3 Å². The first-order valence-electron chi connectivity index (χ1n) is 12.3. The largest absolute Gasteiger partial charge is 0.368 e. The summed E-state index contributed by atoms with van der Waals surface area (Å²) in [6, 6.07) is 10.4. The van der Waals surface area contributed by atoms with Gasteiger partial charge in [-0.2, -0.15) is 9.97 Å². The zero-order chi connectivity index (χ0) is 23.5. The number of nitrogens with two attached hydrogens (primary N) is 1. The summed E-state index contributed by atoms with van der Waals surface area (Å²) < 4.78 is 0. The molecule has 1 aromatic carbocycles. The molecule has 3 aromatic rings. The Morgan fingerprint density at radius 2 is 1.76 bits per heavy atom. The van der Waals surface area contributed by atoms with E-state index in [1.165, 1.54) is 5.69 Å². The molecule has 2 aromatic heterocycles. The monoisotopic (exact) mass is 462 g/mol. The second-order valence-corrected chi connectivity index (χ2v) is 9.17. The molecule has 2 fully saturated rings. The number of nitrogens with one attached hydrogen (secondary N) is 2. The lowest BCUT2D eigenvalue weighted by Crippen LogP contribution is -2.48. The number of fused-ring (bicyclic) bond motifs is 1. The smallest absolute Gasteiger partial charge is 0.231 e. The highest BCUT2D eigenvalue weighted by Gasteiger charge is 2.23. The average molecular weight is 463 g/mol. The molecule has 2 aliphatic heterocycles. The lowest BCUT2D eigenvalue weighted by atomic mass is 9.97. The first kappa shape index (κ1) is 22.5. The fraction of sp³-hybridized carbons (Fsp3) is 0.480. The number of amides is 1. The Balaban J connectivity index is 1.28. The van der Waals surface area contributed by atoms with Crippen LogP contribution in [0.5, 0.6) is 0 Å². The first-order valence-corrected chi connectivity index (χ1v) is 12.3. The van der Waals surface area contributed by atoms with Crippen molar-refractivity contribution < 1.29 is 4.79 Å². The summed E-state index contributed by atoms with van der Waals surface area (Å²) in [7, 11) is 0. The van der Waals surface area contributed by atoms with Gasteiger partial charge in [0.2, 0.25) is 11.9 Å². The Morgan fingerprint density at radius 3 is 2.44 bits per heavy atom. The van der Waals surface area contributed by atoms with Gasteiger partial charge in [0.1, 0.15) is 11.5 Å². The molecule has 34 heavy (non-hydrogen) atoms. The molecule has 2 aliphatic rings. The molecule has 0 aliphatic carbocycles. The predicted molar refractivity (Wildman–Crippen MR) is 137 cm³/mol. The maximum atomic E-state index is 11.9. The van der Waals surface area contributed by atoms with Crippen LogP contribution in [0.15, 0.2) is 36.5 Å². The van der Waals surface area contributed by atoms with Gasteiger partial charge >= 0.3 is 0 Å². The Morgan fingerprint density at radius 1 is 1.03 bits per heavy atom. The minimum absolute atomic E-state index is 0.237. The van der Waals surface area contributed by atoms with Crippen LogP contribution in [-0.2, 0) is 4.79 Å². The van der Waals surface area contributed by atoms with Gasteiger partial charge in [-0.15, -0.1) is 0 Å². The average Bonchev–Trinajstić information content (AvgIpc) is 3.37. The number of hydrogen-bond acceptors (Lipinski definition) is 7. The van der Waals surface area contributed by atoms with Crippen molar-refractivity contribution in [3.8, 4) is 0 Å². The van der Waals surface area contributed by atoms with Crippen LogP contribution in [0.25, 0.3) is 11.0 Å². The van der Waals surface area contributed by atoms with Gasteiger partial charge in [-0.05, 0) is 55.6 Å². The zero-order valence-corrected chi connectivity index (χ0v) is 19.8. The van der Waals surface area contributed by atoms with Gasteiger partial charge < -0.3 is 30.7 Å². The van der Waals surface area contributed by atoms with Gasteiger partial charge in [0.25, 0.3) is 0 Å². The van der Waals surface area contributed by atoms with Crippen molar-refractivity contribution >= 4 is 40.1 Å². The summed E-state index contributed by atoms with van der Waals surface area (Å²) in [5.41, 5.74) is 8.82. The zero-order valence-electron chi connectivity index (χ0n) is 19.8. The number of hydrogen-bond donors (Lipinski definition) is 3. The minimum atomic E-state index is 0.237. The normalized spacial score (nSPS) is 17.4. The molecular formula is C25H34N8O. The second-order valence-electron chi connectivity index (χ2n) is 9.17. The number of piperidine rings is 1. The fourth-order valence-corrected chi connectivity index (χ4v) is 4.92. The van der Waals surface area contributed by atoms with E-state index in [0.717, 1.165) is 81.2 Å². The molecule has 9 nitrogen and oxygen atoms in total. The number of piperazine rings is 1. The van der Waals surface area contributed by atoms with Crippen LogP contribution in [0, 0.1) is 5.92 Å². The lowest BCUT2D eigenvalue weighted by molar-refractivity contribution is -0.131. The number of aromatic amines is 1. The molecule has 0 saturated carbocycles. The highest BCUT2D eigenvalue weighted by Crippen LogP contribution is 2.30. The molecule has 0 bridgehead atoms. The Bertz CT molecular complexity index is 1110. The highest BCUT2D eigenvalue weighted by atomic mass is 16.2. The summed E-state index contributed by atoms with van der Waals surface area (Å²) in [5.74, 6) is 2.40. The van der Waals surface area contributed by atoms with Crippen molar-refractivity contribution in [1.29, 1.82) is 0 Å². The minimum Gasteiger partial charge on any atom is -0.368 e. The van der Waals surface area contributed by atoms with Gasteiger partial charge in [0.05, 0.1) is 5.39 Å². The topological polar surface area (TPSA) is 106 Å². The van der Waals surface area contributed by atoms with Crippen LogP contribution >= 0.6 is 0 Å². The number of carbonyl (C=O) groups is 1.